The zero-order valence-electron chi connectivity index (χ0n) is 17.9. The molecular formula is C25H30N4O. The fourth-order valence-corrected chi connectivity index (χ4v) is 4.28. The molecule has 5 nitrogen and oxygen atoms in total. The van der Waals surface area contributed by atoms with Gasteiger partial charge in [-0.15, -0.1) is 0 Å². The van der Waals surface area contributed by atoms with E-state index in [4.69, 9.17) is 0 Å². The Kier molecular flexibility index (Phi) is 6.29. The number of aromatic nitrogens is 2. The van der Waals surface area contributed by atoms with Gasteiger partial charge in [-0.05, 0) is 31.0 Å². The molecule has 156 valence electrons. The van der Waals surface area contributed by atoms with E-state index < -0.39 is 0 Å². The van der Waals surface area contributed by atoms with Gasteiger partial charge < -0.3 is 4.90 Å². The minimum Gasteiger partial charge on any atom is -0.339 e. The number of hydrogen-bond acceptors (Lipinski definition) is 3. The predicted molar refractivity (Wildman–Crippen MR) is 119 cm³/mol. The van der Waals surface area contributed by atoms with Crippen LogP contribution in [0.4, 0.5) is 0 Å². The van der Waals surface area contributed by atoms with Crippen molar-refractivity contribution >= 4 is 5.91 Å². The molecule has 1 saturated heterocycles. The van der Waals surface area contributed by atoms with Crippen LogP contribution in [0.2, 0.25) is 0 Å². The van der Waals surface area contributed by atoms with Crippen molar-refractivity contribution in [3.63, 3.8) is 0 Å². The molecule has 1 aliphatic heterocycles. The zero-order valence-corrected chi connectivity index (χ0v) is 17.9. The molecule has 0 N–H and O–H groups in total. The minimum atomic E-state index is -0.242. The first-order valence-corrected chi connectivity index (χ1v) is 10.7. The molecule has 0 radical (unpaired) electrons. The molecule has 0 bridgehead atoms. The summed E-state index contributed by atoms with van der Waals surface area (Å²) in [7, 11) is 0. The zero-order chi connectivity index (χ0) is 20.9. The smallest absolute Gasteiger partial charge is 0.234 e. The number of hydrogen-bond donors (Lipinski definition) is 0. The van der Waals surface area contributed by atoms with Gasteiger partial charge in [-0.25, -0.2) is 0 Å². The lowest BCUT2D eigenvalue weighted by molar-refractivity contribution is -0.133. The Bertz CT molecular complexity index is 920. The Balaban J connectivity index is 1.40. The highest BCUT2D eigenvalue weighted by Crippen LogP contribution is 2.27. The second kappa shape index (κ2) is 9.26. The number of benzene rings is 2. The largest absolute Gasteiger partial charge is 0.339 e. The second-order valence-electron chi connectivity index (χ2n) is 8.07. The van der Waals surface area contributed by atoms with Crippen LogP contribution in [0.15, 0.2) is 66.7 Å². The third kappa shape index (κ3) is 4.62. The lowest BCUT2D eigenvalue weighted by Crippen LogP contribution is -2.50. The molecule has 1 amide bonds. The normalized spacial score (nSPS) is 15.0. The van der Waals surface area contributed by atoms with Crippen LogP contribution < -0.4 is 0 Å². The highest BCUT2D eigenvalue weighted by molar-refractivity contribution is 5.87. The summed E-state index contributed by atoms with van der Waals surface area (Å²) in [6, 6.07) is 22.4. The molecule has 1 fully saturated rings. The molecule has 30 heavy (non-hydrogen) atoms. The maximum atomic E-state index is 13.5. The van der Waals surface area contributed by atoms with E-state index in [1.54, 1.807) is 0 Å². The van der Waals surface area contributed by atoms with Gasteiger partial charge >= 0.3 is 0 Å². The number of carbonyl (C=O) groups excluding carboxylic acids is 1. The fraction of sp³-hybridized carbons (Fsp3) is 0.360. The summed E-state index contributed by atoms with van der Waals surface area (Å²) in [5.41, 5.74) is 4.38. The number of aryl methyl sites for hydroxylation is 2. The Morgan fingerprint density at radius 3 is 1.93 bits per heavy atom. The van der Waals surface area contributed by atoms with Crippen LogP contribution in [-0.2, 0) is 11.3 Å². The summed E-state index contributed by atoms with van der Waals surface area (Å²) < 4.78 is 2.08. The summed E-state index contributed by atoms with van der Waals surface area (Å²) >= 11 is 0. The van der Waals surface area contributed by atoms with Gasteiger partial charge in [0, 0.05) is 38.4 Å². The first kappa shape index (κ1) is 20.4. The molecule has 0 atom stereocenters. The van der Waals surface area contributed by atoms with Crippen molar-refractivity contribution in [1.82, 2.24) is 19.6 Å². The molecule has 3 aromatic rings. The van der Waals surface area contributed by atoms with Gasteiger partial charge in [-0.3, -0.25) is 14.4 Å². The topological polar surface area (TPSA) is 41.4 Å². The maximum absolute atomic E-state index is 13.5. The average Bonchev–Trinajstić information content (AvgIpc) is 3.11. The van der Waals surface area contributed by atoms with E-state index in [1.165, 1.54) is 5.69 Å². The Morgan fingerprint density at radius 1 is 0.867 bits per heavy atom. The molecule has 0 spiro atoms. The fourth-order valence-electron chi connectivity index (χ4n) is 4.28. The predicted octanol–water partition coefficient (Wildman–Crippen LogP) is 3.48. The standard InChI is InChI=1S/C25H30N4O/c1-20-19-21(2)29(26-20)18-15-27-13-16-28(17-14-27)25(30)24(22-9-5-3-6-10-22)23-11-7-4-8-12-23/h3-12,19,24H,13-18H2,1-2H3. The van der Waals surface area contributed by atoms with Crippen LogP contribution in [0.1, 0.15) is 28.4 Å². The van der Waals surface area contributed by atoms with Gasteiger partial charge in [0.15, 0.2) is 0 Å². The molecule has 4 rings (SSSR count). The van der Waals surface area contributed by atoms with E-state index in [-0.39, 0.29) is 11.8 Å². The third-order valence-corrected chi connectivity index (χ3v) is 5.93. The molecule has 0 saturated carbocycles. The van der Waals surface area contributed by atoms with Crippen molar-refractivity contribution in [2.45, 2.75) is 26.3 Å². The SMILES string of the molecule is Cc1cc(C)n(CCN2CCN(C(=O)C(c3ccccc3)c3ccccc3)CC2)n1. The van der Waals surface area contributed by atoms with E-state index in [0.29, 0.717) is 0 Å². The molecule has 2 aromatic carbocycles. The number of rotatable bonds is 6. The van der Waals surface area contributed by atoms with Gasteiger partial charge in [0.25, 0.3) is 0 Å². The first-order chi connectivity index (χ1) is 14.6. The number of amides is 1. The Labute approximate surface area is 178 Å². The van der Waals surface area contributed by atoms with Crippen molar-refractivity contribution < 1.29 is 4.79 Å². The number of piperazine rings is 1. The molecule has 0 aliphatic carbocycles. The number of carbonyl (C=O) groups is 1. The molecular weight excluding hydrogens is 372 g/mol. The third-order valence-electron chi connectivity index (χ3n) is 5.93. The molecule has 2 heterocycles. The van der Waals surface area contributed by atoms with E-state index in [2.05, 4.69) is 51.9 Å². The summed E-state index contributed by atoms with van der Waals surface area (Å²) in [6.07, 6.45) is 0. The van der Waals surface area contributed by atoms with Crippen LogP contribution in [0.5, 0.6) is 0 Å². The minimum absolute atomic E-state index is 0.200. The summed E-state index contributed by atoms with van der Waals surface area (Å²) in [6.45, 7) is 9.34. The molecule has 5 heteroatoms. The van der Waals surface area contributed by atoms with E-state index >= 15 is 0 Å². The monoisotopic (exact) mass is 402 g/mol. The average molecular weight is 403 g/mol. The quantitative estimate of drug-likeness (QED) is 0.634. The van der Waals surface area contributed by atoms with E-state index in [9.17, 15) is 4.79 Å². The number of nitrogens with zero attached hydrogens (tertiary/aromatic N) is 4. The van der Waals surface area contributed by atoms with Gasteiger partial charge in [0.2, 0.25) is 5.91 Å². The van der Waals surface area contributed by atoms with Gasteiger partial charge in [0.1, 0.15) is 0 Å². The van der Waals surface area contributed by atoms with E-state index in [1.807, 2.05) is 48.2 Å². The Morgan fingerprint density at radius 2 is 1.43 bits per heavy atom. The van der Waals surface area contributed by atoms with Crippen molar-refractivity contribution in [3.05, 3.63) is 89.2 Å². The highest BCUT2D eigenvalue weighted by atomic mass is 16.2. The van der Waals surface area contributed by atoms with Crippen LogP contribution >= 0.6 is 0 Å². The molecule has 1 aliphatic rings. The van der Waals surface area contributed by atoms with Gasteiger partial charge in [-0.1, -0.05) is 60.7 Å². The van der Waals surface area contributed by atoms with Gasteiger partial charge in [-0.2, -0.15) is 5.10 Å². The molecule has 0 unspecified atom stereocenters. The van der Waals surface area contributed by atoms with Crippen molar-refractivity contribution in [2.24, 2.45) is 0 Å². The van der Waals surface area contributed by atoms with Crippen molar-refractivity contribution in [2.75, 3.05) is 32.7 Å². The summed E-state index contributed by atoms with van der Waals surface area (Å²) in [4.78, 5) is 18.0. The highest BCUT2D eigenvalue weighted by Gasteiger charge is 2.29. The molecule has 1 aromatic heterocycles. The lowest BCUT2D eigenvalue weighted by Gasteiger charge is -2.36. The van der Waals surface area contributed by atoms with Crippen molar-refractivity contribution in [1.29, 1.82) is 0 Å². The second-order valence-corrected chi connectivity index (χ2v) is 8.07. The summed E-state index contributed by atoms with van der Waals surface area (Å²) in [5.74, 6) is -0.0424. The first-order valence-electron chi connectivity index (χ1n) is 10.7. The van der Waals surface area contributed by atoms with Gasteiger partial charge in [0.05, 0.1) is 18.2 Å². The van der Waals surface area contributed by atoms with Crippen LogP contribution in [-0.4, -0.2) is 58.2 Å². The van der Waals surface area contributed by atoms with Crippen LogP contribution in [0.3, 0.4) is 0 Å². The van der Waals surface area contributed by atoms with Crippen LogP contribution in [0.25, 0.3) is 0 Å². The Hall–Kier alpha value is -2.92. The summed E-state index contributed by atoms with van der Waals surface area (Å²) in [5, 5.41) is 4.55. The lowest BCUT2D eigenvalue weighted by atomic mass is 9.90. The van der Waals surface area contributed by atoms with Crippen molar-refractivity contribution in [3.8, 4) is 0 Å². The van der Waals surface area contributed by atoms with E-state index in [0.717, 1.165) is 56.1 Å². The van der Waals surface area contributed by atoms with Crippen LogP contribution in [0, 0.1) is 13.8 Å². The maximum Gasteiger partial charge on any atom is 0.234 e.